The first-order chi connectivity index (χ1) is 15.8. The maximum absolute atomic E-state index is 13.9. The van der Waals surface area contributed by atoms with Crippen LogP contribution in [0.4, 0.5) is 8.78 Å². The number of methoxy groups -OCH3 is 1. The van der Waals surface area contributed by atoms with E-state index >= 15 is 0 Å². The van der Waals surface area contributed by atoms with Gasteiger partial charge in [-0.15, -0.1) is 0 Å². The molecular formula is C23H23F2N3O5. The Bertz CT molecular complexity index is 1210. The summed E-state index contributed by atoms with van der Waals surface area (Å²) in [5.41, 5.74) is -0.822. The minimum atomic E-state index is -0.806. The summed E-state index contributed by atoms with van der Waals surface area (Å²) in [4.78, 5) is 40.9. The molecule has 3 aliphatic rings. The maximum Gasteiger partial charge on any atom is 0.276 e. The van der Waals surface area contributed by atoms with Crippen molar-refractivity contribution in [1.29, 1.82) is 0 Å². The molecule has 2 aliphatic heterocycles. The molecule has 1 aromatic carbocycles. The summed E-state index contributed by atoms with van der Waals surface area (Å²) in [5.74, 6) is -2.55. The van der Waals surface area contributed by atoms with Crippen molar-refractivity contribution in [2.75, 3.05) is 7.11 Å². The van der Waals surface area contributed by atoms with Crippen LogP contribution in [0.1, 0.15) is 46.2 Å². The molecule has 4 atom stereocenters. The molecule has 2 bridgehead atoms. The van der Waals surface area contributed by atoms with E-state index in [9.17, 15) is 23.2 Å². The Kier molecular flexibility index (Phi) is 5.19. The number of fused-ring (bicyclic) bond motifs is 5. The van der Waals surface area contributed by atoms with Gasteiger partial charge < -0.3 is 24.3 Å². The van der Waals surface area contributed by atoms with Gasteiger partial charge in [0, 0.05) is 30.4 Å². The quantitative estimate of drug-likeness (QED) is 0.756. The first kappa shape index (κ1) is 21.6. The van der Waals surface area contributed by atoms with Crippen molar-refractivity contribution in [3.8, 4) is 5.75 Å². The van der Waals surface area contributed by atoms with E-state index in [-0.39, 0.29) is 53.7 Å². The van der Waals surface area contributed by atoms with Crippen molar-refractivity contribution in [3.63, 3.8) is 0 Å². The van der Waals surface area contributed by atoms with E-state index in [1.54, 1.807) is 4.90 Å². The summed E-state index contributed by atoms with van der Waals surface area (Å²) in [7, 11) is 1.27. The first-order valence-corrected chi connectivity index (χ1v) is 10.8. The molecule has 0 radical (unpaired) electrons. The van der Waals surface area contributed by atoms with Gasteiger partial charge in [0.05, 0.1) is 19.8 Å². The van der Waals surface area contributed by atoms with E-state index in [1.165, 1.54) is 23.9 Å². The second kappa shape index (κ2) is 7.95. The molecule has 10 heteroatoms. The fraction of sp³-hybridized carbons (Fsp3) is 0.435. The number of rotatable bonds is 4. The fourth-order valence-electron chi connectivity index (χ4n) is 5.11. The van der Waals surface area contributed by atoms with Crippen molar-refractivity contribution in [1.82, 2.24) is 14.8 Å². The number of carbonyl (C=O) groups excluding carboxylic acids is 2. The highest BCUT2D eigenvalue weighted by Crippen LogP contribution is 2.41. The smallest absolute Gasteiger partial charge is 0.276 e. The number of ether oxygens (including phenoxy) is 2. The number of benzene rings is 1. The van der Waals surface area contributed by atoms with Crippen molar-refractivity contribution in [2.45, 2.75) is 51.2 Å². The summed E-state index contributed by atoms with van der Waals surface area (Å²) < 4.78 is 39.9. The number of carbonyl (C=O) groups is 2. The molecular weight excluding hydrogens is 436 g/mol. The Labute approximate surface area is 188 Å². The molecule has 33 heavy (non-hydrogen) atoms. The number of nitrogens with zero attached hydrogens (tertiary/aromatic N) is 2. The van der Waals surface area contributed by atoms with Crippen LogP contribution in [0.3, 0.4) is 0 Å². The number of amides is 2. The maximum atomic E-state index is 13.9. The summed E-state index contributed by atoms with van der Waals surface area (Å²) in [5, 5.41) is 2.48. The zero-order valence-electron chi connectivity index (χ0n) is 18.1. The van der Waals surface area contributed by atoms with Crippen molar-refractivity contribution in [3.05, 3.63) is 63.1 Å². The van der Waals surface area contributed by atoms with Crippen molar-refractivity contribution >= 4 is 11.8 Å². The molecule has 1 saturated heterocycles. The van der Waals surface area contributed by atoms with E-state index in [0.717, 1.165) is 18.9 Å². The van der Waals surface area contributed by atoms with E-state index < -0.39 is 29.2 Å². The van der Waals surface area contributed by atoms with Crippen LogP contribution < -0.4 is 15.5 Å². The van der Waals surface area contributed by atoms with Crippen LogP contribution in [0, 0.1) is 17.6 Å². The van der Waals surface area contributed by atoms with Gasteiger partial charge >= 0.3 is 0 Å². The molecule has 5 rings (SSSR count). The Morgan fingerprint density at radius 2 is 2.06 bits per heavy atom. The lowest BCUT2D eigenvalue weighted by molar-refractivity contribution is -0.138. The standard InChI is InChI=1S/C23H23F2N3O5/c1-11-5-14-7-17(11)33-18-10-27-9-15(20(29)21(32-2)19(27)23(31)28(14)18)22(30)26-8-12-3-4-13(24)6-16(12)25/h3-4,6,9,11,14,17-18H,5,7-8,10H2,1-2H3,(H,26,30)/t11?,14-,17-,18+/m1/s1. The first-order valence-electron chi connectivity index (χ1n) is 10.8. The van der Waals surface area contributed by atoms with Gasteiger partial charge in [-0.2, -0.15) is 0 Å². The molecule has 1 saturated carbocycles. The number of nitrogens with one attached hydrogen (secondary N) is 1. The second-order valence-corrected chi connectivity index (χ2v) is 8.77. The fourth-order valence-corrected chi connectivity index (χ4v) is 5.11. The van der Waals surface area contributed by atoms with E-state index in [4.69, 9.17) is 9.47 Å². The molecule has 1 aromatic heterocycles. The third-order valence-electron chi connectivity index (χ3n) is 6.75. The third-order valence-corrected chi connectivity index (χ3v) is 6.75. The number of hydrogen-bond acceptors (Lipinski definition) is 5. The van der Waals surface area contributed by atoms with Crippen molar-refractivity contribution < 1.29 is 27.8 Å². The molecule has 174 valence electrons. The molecule has 1 aliphatic carbocycles. The van der Waals surface area contributed by atoms with Gasteiger partial charge in [-0.05, 0) is 24.8 Å². The average molecular weight is 459 g/mol. The minimum Gasteiger partial charge on any atom is -0.491 e. The lowest BCUT2D eigenvalue weighted by atomic mass is 10.1. The van der Waals surface area contributed by atoms with E-state index in [2.05, 4.69) is 12.2 Å². The zero-order chi connectivity index (χ0) is 23.4. The Morgan fingerprint density at radius 1 is 1.27 bits per heavy atom. The number of aromatic nitrogens is 1. The SMILES string of the molecule is COc1c2n(cc(C(=O)NCc3ccc(F)cc3F)c1=O)C[C@@H]1O[C@@H]3C[C@@H](CC3C)N1C2=O. The van der Waals surface area contributed by atoms with Crippen LogP contribution in [0.15, 0.2) is 29.2 Å². The number of halogens is 2. The average Bonchev–Trinajstić information content (AvgIpc) is 3.06. The van der Waals surface area contributed by atoms with Gasteiger partial charge in [0.1, 0.15) is 17.2 Å². The van der Waals surface area contributed by atoms with Gasteiger partial charge in [0.25, 0.3) is 11.8 Å². The minimum absolute atomic E-state index is 0.0402. The third kappa shape index (κ3) is 3.49. The van der Waals surface area contributed by atoms with Crippen LogP contribution in [-0.2, 0) is 17.8 Å². The molecule has 2 amide bonds. The van der Waals surface area contributed by atoms with Gasteiger partial charge in [-0.3, -0.25) is 14.4 Å². The van der Waals surface area contributed by atoms with Crippen LogP contribution in [0.25, 0.3) is 0 Å². The molecule has 2 fully saturated rings. The largest absolute Gasteiger partial charge is 0.491 e. The molecule has 2 aromatic rings. The monoisotopic (exact) mass is 459 g/mol. The number of hydrogen-bond donors (Lipinski definition) is 1. The highest BCUT2D eigenvalue weighted by Gasteiger charge is 2.50. The van der Waals surface area contributed by atoms with Gasteiger partial charge in [-0.25, -0.2) is 8.78 Å². The Balaban J connectivity index is 1.46. The zero-order valence-corrected chi connectivity index (χ0v) is 18.1. The molecule has 8 nitrogen and oxygen atoms in total. The molecule has 1 unspecified atom stereocenters. The summed E-state index contributed by atoms with van der Waals surface area (Å²) >= 11 is 0. The molecule has 1 N–H and O–H groups in total. The lowest BCUT2D eigenvalue weighted by Crippen LogP contribution is -2.57. The molecule has 0 spiro atoms. The van der Waals surface area contributed by atoms with Crippen LogP contribution >= 0.6 is 0 Å². The molecule has 3 heterocycles. The van der Waals surface area contributed by atoms with Crippen LogP contribution in [0.2, 0.25) is 0 Å². The van der Waals surface area contributed by atoms with E-state index in [1.807, 2.05) is 0 Å². The van der Waals surface area contributed by atoms with Crippen molar-refractivity contribution in [2.24, 2.45) is 5.92 Å². The highest BCUT2D eigenvalue weighted by molar-refractivity contribution is 5.99. The Hall–Kier alpha value is -3.27. The van der Waals surface area contributed by atoms with Crippen LogP contribution in [-0.4, -0.2) is 46.8 Å². The van der Waals surface area contributed by atoms with Gasteiger partial charge in [0.2, 0.25) is 5.43 Å². The summed E-state index contributed by atoms with van der Waals surface area (Å²) in [6.45, 7) is 2.11. The highest BCUT2D eigenvalue weighted by atomic mass is 19.1. The summed E-state index contributed by atoms with van der Waals surface area (Å²) in [6, 6.07) is 3.05. The summed E-state index contributed by atoms with van der Waals surface area (Å²) in [6.07, 6.45) is 2.49. The van der Waals surface area contributed by atoms with Crippen LogP contribution in [0.5, 0.6) is 5.75 Å². The topological polar surface area (TPSA) is 89.9 Å². The van der Waals surface area contributed by atoms with Gasteiger partial charge in [-0.1, -0.05) is 13.0 Å². The Morgan fingerprint density at radius 3 is 2.79 bits per heavy atom. The van der Waals surface area contributed by atoms with E-state index in [0.29, 0.717) is 12.0 Å². The normalized spacial score (nSPS) is 25.5. The second-order valence-electron chi connectivity index (χ2n) is 8.77. The predicted octanol–water partition coefficient (Wildman–Crippen LogP) is 2.04. The predicted molar refractivity (Wildman–Crippen MR) is 112 cm³/mol. The number of pyridine rings is 1. The van der Waals surface area contributed by atoms with Gasteiger partial charge in [0.15, 0.2) is 17.7 Å². The lowest BCUT2D eigenvalue weighted by Gasteiger charge is -2.44.